The lowest BCUT2D eigenvalue weighted by Crippen LogP contribution is -1.87. The van der Waals surface area contributed by atoms with Crippen molar-refractivity contribution >= 4 is 39.0 Å². The first-order valence-corrected chi connectivity index (χ1v) is 7.17. The molecular formula is C11H10BrNOS2. The highest BCUT2D eigenvalue weighted by molar-refractivity contribution is 9.10. The predicted octanol–water partition coefficient (Wildman–Crippen LogP) is 3.86. The van der Waals surface area contributed by atoms with Crippen molar-refractivity contribution in [3.8, 4) is 0 Å². The Labute approximate surface area is 111 Å². The van der Waals surface area contributed by atoms with E-state index in [9.17, 15) is 5.11 Å². The number of rotatable bonds is 3. The summed E-state index contributed by atoms with van der Waals surface area (Å²) in [6, 6.07) is 5.90. The second-order valence-corrected chi connectivity index (χ2v) is 6.33. The van der Waals surface area contributed by atoms with Gasteiger partial charge in [-0.1, -0.05) is 27.7 Å². The molecule has 2 rings (SSSR count). The van der Waals surface area contributed by atoms with Gasteiger partial charge in [0.2, 0.25) is 0 Å². The van der Waals surface area contributed by atoms with E-state index in [4.69, 9.17) is 0 Å². The summed E-state index contributed by atoms with van der Waals surface area (Å²) >= 11 is 6.61. The minimum Gasteiger partial charge on any atom is -0.392 e. The number of hydrogen-bond donors (Lipinski definition) is 1. The van der Waals surface area contributed by atoms with Crippen LogP contribution in [0.4, 0.5) is 0 Å². The molecule has 1 aromatic carbocycles. The van der Waals surface area contributed by atoms with E-state index in [-0.39, 0.29) is 6.61 Å². The van der Waals surface area contributed by atoms with E-state index in [1.807, 2.05) is 30.5 Å². The Kier molecular flexibility index (Phi) is 4.02. The number of halogens is 1. The molecule has 0 atom stereocenters. The van der Waals surface area contributed by atoms with Gasteiger partial charge in [0.05, 0.1) is 6.61 Å². The summed E-state index contributed by atoms with van der Waals surface area (Å²) in [6.45, 7) is 2.03. The van der Waals surface area contributed by atoms with Crippen LogP contribution >= 0.6 is 39.0 Å². The monoisotopic (exact) mass is 315 g/mol. The van der Waals surface area contributed by atoms with Gasteiger partial charge in [-0.15, -0.1) is 11.3 Å². The Morgan fingerprint density at radius 3 is 2.94 bits per heavy atom. The number of aryl methyl sites for hydroxylation is 1. The molecule has 0 aliphatic rings. The van der Waals surface area contributed by atoms with Crippen molar-refractivity contribution in [2.45, 2.75) is 22.8 Å². The molecule has 0 aliphatic heterocycles. The fraction of sp³-hybridized carbons (Fsp3) is 0.182. The van der Waals surface area contributed by atoms with Crippen LogP contribution in [-0.4, -0.2) is 10.1 Å². The maximum atomic E-state index is 9.27. The van der Waals surface area contributed by atoms with Crippen molar-refractivity contribution in [1.29, 1.82) is 0 Å². The van der Waals surface area contributed by atoms with Gasteiger partial charge in [-0.2, -0.15) is 0 Å². The Bertz CT molecular complexity index is 498. The van der Waals surface area contributed by atoms with Crippen molar-refractivity contribution < 1.29 is 5.11 Å². The quantitative estimate of drug-likeness (QED) is 0.933. The second-order valence-electron chi connectivity index (χ2n) is 3.27. The minimum atomic E-state index is 0.0477. The summed E-state index contributed by atoms with van der Waals surface area (Å²) in [4.78, 5) is 5.45. The van der Waals surface area contributed by atoms with Gasteiger partial charge in [-0.3, -0.25) is 0 Å². The molecule has 84 valence electrons. The molecule has 0 fully saturated rings. The van der Waals surface area contributed by atoms with Crippen LogP contribution in [-0.2, 0) is 6.61 Å². The van der Waals surface area contributed by atoms with Crippen LogP contribution in [0, 0.1) is 6.92 Å². The number of nitrogens with zero attached hydrogens (tertiary/aromatic N) is 1. The van der Waals surface area contributed by atoms with Crippen molar-refractivity contribution in [1.82, 2.24) is 4.98 Å². The molecule has 1 heterocycles. The molecule has 2 aromatic rings. The number of thiazole rings is 1. The van der Waals surface area contributed by atoms with Crippen LogP contribution < -0.4 is 0 Å². The Hall–Kier alpha value is -0.360. The van der Waals surface area contributed by atoms with Crippen LogP contribution in [0.5, 0.6) is 0 Å². The van der Waals surface area contributed by atoms with Crippen molar-refractivity contribution in [3.63, 3.8) is 0 Å². The molecule has 0 spiro atoms. The average molecular weight is 316 g/mol. The first-order chi connectivity index (χ1) is 7.69. The second kappa shape index (κ2) is 5.31. The van der Waals surface area contributed by atoms with Gasteiger partial charge in [0, 0.05) is 20.4 Å². The summed E-state index contributed by atoms with van der Waals surface area (Å²) in [6.07, 6.45) is 0. The van der Waals surface area contributed by atoms with Gasteiger partial charge in [0.1, 0.15) is 0 Å². The van der Waals surface area contributed by atoms with Gasteiger partial charge in [-0.05, 0) is 30.7 Å². The number of aliphatic hydroxyl groups is 1. The lowest BCUT2D eigenvalue weighted by Gasteiger charge is -2.05. The highest BCUT2D eigenvalue weighted by atomic mass is 79.9. The van der Waals surface area contributed by atoms with Crippen LogP contribution in [0.1, 0.15) is 11.3 Å². The SMILES string of the molecule is Cc1csc(Sc2ccc(Br)cc2CO)n1. The van der Waals surface area contributed by atoms with Crippen LogP contribution in [0.2, 0.25) is 0 Å². The fourth-order valence-corrected chi connectivity index (χ4v) is 3.55. The third kappa shape index (κ3) is 2.85. The normalized spacial score (nSPS) is 10.7. The highest BCUT2D eigenvalue weighted by Crippen LogP contribution is 2.33. The zero-order valence-corrected chi connectivity index (χ0v) is 11.8. The Morgan fingerprint density at radius 1 is 1.50 bits per heavy atom. The van der Waals surface area contributed by atoms with Gasteiger partial charge >= 0.3 is 0 Å². The Balaban J connectivity index is 2.27. The lowest BCUT2D eigenvalue weighted by molar-refractivity contribution is 0.279. The van der Waals surface area contributed by atoms with E-state index in [1.165, 1.54) is 0 Å². The predicted molar refractivity (Wildman–Crippen MR) is 71.0 cm³/mol. The zero-order valence-electron chi connectivity index (χ0n) is 8.61. The smallest absolute Gasteiger partial charge is 0.154 e. The van der Waals surface area contributed by atoms with E-state index in [2.05, 4.69) is 20.9 Å². The van der Waals surface area contributed by atoms with Gasteiger partial charge < -0.3 is 5.11 Å². The molecule has 0 aliphatic carbocycles. The third-order valence-electron chi connectivity index (χ3n) is 1.99. The molecule has 0 saturated heterocycles. The summed E-state index contributed by atoms with van der Waals surface area (Å²) < 4.78 is 1.99. The first-order valence-electron chi connectivity index (χ1n) is 4.68. The first kappa shape index (κ1) is 12.1. The molecule has 1 N–H and O–H groups in total. The summed E-state index contributed by atoms with van der Waals surface area (Å²) in [5.41, 5.74) is 1.96. The maximum absolute atomic E-state index is 9.27. The van der Waals surface area contributed by atoms with Crippen molar-refractivity contribution in [3.05, 3.63) is 39.3 Å². The summed E-state index contributed by atoms with van der Waals surface area (Å²) in [7, 11) is 0. The topological polar surface area (TPSA) is 33.1 Å². The van der Waals surface area contributed by atoms with Gasteiger partial charge in [0.25, 0.3) is 0 Å². The van der Waals surface area contributed by atoms with E-state index in [0.717, 1.165) is 25.0 Å². The number of hydrogen-bond acceptors (Lipinski definition) is 4. The summed E-state index contributed by atoms with van der Waals surface area (Å²) in [5.74, 6) is 0. The largest absolute Gasteiger partial charge is 0.392 e. The molecule has 2 nitrogen and oxygen atoms in total. The minimum absolute atomic E-state index is 0.0477. The van der Waals surface area contributed by atoms with E-state index in [1.54, 1.807) is 23.1 Å². The average Bonchev–Trinajstić information content (AvgIpc) is 2.67. The molecule has 0 radical (unpaired) electrons. The van der Waals surface area contributed by atoms with Crippen molar-refractivity contribution in [2.24, 2.45) is 0 Å². The molecule has 5 heteroatoms. The highest BCUT2D eigenvalue weighted by Gasteiger charge is 2.07. The standard InChI is InChI=1S/C11H10BrNOS2/c1-7-6-15-11(13-7)16-10-3-2-9(12)4-8(10)5-14/h2-4,6,14H,5H2,1H3. The van der Waals surface area contributed by atoms with Gasteiger partial charge in [-0.25, -0.2) is 4.98 Å². The van der Waals surface area contributed by atoms with Crippen molar-refractivity contribution in [2.75, 3.05) is 0 Å². The fourth-order valence-electron chi connectivity index (χ4n) is 1.24. The van der Waals surface area contributed by atoms with E-state index in [0.29, 0.717) is 0 Å². The third-order valence-corrected chi connectivity index (χ3v) is 4.66. The molecule has 1 aromatic heterocycles. The van der Waals surface area contributed by atoms with Crippen LogP contribution in [0.25, 0.3) is 0 Å². The van der Waals surface area contributed by atoms with E-state index >= 15 is 0 Å². The van der Waals surface area contributed by atoms with Gasteiger partial charge in [0.15, 0.2) is 4.34 Å². The molecule has 0 bridgehead atoms. The molecule has 0 unspecified atom stereocenters. The number of aromatic nitrogens is 1. The maximum Gasteiger partial charge on any atom is 0.154 e. The molecule has 0 saturated carbocycles. The zero-order chi connectivity index (χ0) is 11.5. The molecular weight excluding hydrogens is 306 g/mol. The lowest BCUT2D eigenvalue weighted by atomic mass is 10.2. The number of aliphatic hydroxyl groups excluding tert-OH is 1. The number of benzene rings is 1. The molecule has 0 amide bonds. The van der Waals surface area contributed by atoms with Crippen LogP contribution in [0.3, 0.4) is 0 Å². The Morgan fingerprint density at radius 2 is 2.31 bits per heavy atom. The molecule has 16 heavy (non-hydrogen) atoms. The van der Waals surface area contributed by atoms with E-state index < -0.39 is 0 Å². The van der Waals surface area contributed by atoms with Crippen LogP contribution in [0.15, 0.2) is 37.3 Å². The summed E-state index contributed by atoms with van der Waals surface area (Å²) in [5, 5.41) is 11.3.